The van der Waals surface area contributed by atoms with Gasteiger partial charge in [0, 0.05) is 15.8 Å². The second kappa shape index (κ2) is 8.61. The number of hydrogen-bond acceptors (Lipinski definition) is 4. The van der Waals surface area contributed by atoms with Crippen LogP contribution in [-0.2, 0) is 26.4 Å². The Morgan fingerprint density at radius 2 is 1.88 bits per heavy atom. The van der Waals surface area contributed by atoms with Crippen molar-refractivity contribution in [1.29, 1.82) is 0 Å². The lowest BCUT2D eigenvalue weighted by molar-refractivity contribution is -0.150. The fourth-order valence-electron chi connectivity index (χ4n) is 2.77. The lowest BCUT2D eigenvalue weighted by Gasteiger charge is -2.41. The molecule has 1 rings (SSSR count). The van der Waals surface area contributed by atoms with Crippen LogP contribution in [0.4, 0.5) is 0 Å². The number of esters is 1. The number of hydrogen-bond donors (Lipinski definition) is 1. The second-order valence-electron chi connectivity index (χ2n) is 7.56. The van der Waals surface area contributed by atoms with Gasteiger partial charge in [0.1, 0.15) is 4.75 Å². The van der Waals surface area contributed by atoms with Gasteiger partial charge in [-0.3, -0.25) is 4.79 Å². The zero-order chi connectivity index (χ0) is 19.6. The number of carbonyl (C=O) groups excluding carboxylic acids is 1. The molecule has 0 heterocycles. The molecule has 4 nitrogen and oxygen atoms in total. The van der Waals surface area contributed by atoms with Gasteiger partial charge in [-0.1, -0.05) is 31.5 Å². The summed E-state index contributed by atoms with van der Waals surface area (Å²) in [6, 6.07) is 5.49. The topological polar surface area (TPSA) is 61.4 Å². The molecule has 1 aromatic carbocycles. The standard InChI is InChI=1S/C18H27BrClNO3S/c1-11(2)15(16(22)24-7)18(6,21-25(23)17(3,4)5)12-8-9-13(19)14(20)10-12/h8-11,15,21H,1-7H3/t15?,18?,25-/m0/s1. The summed E-state index contributed by atoms with van der Waals surface area (Å²) < 4.78 is 21.4. The number of carbonyl (C=O) groups is 1. The summed E-state index contributed by atoms with van der Waals surface area (Å²) >= 11 is 8.27. The van der Waals surface area contributed by atoms with E-state index in [0.29, 0.717) is 5.02 Å². The Bertz CT molecular complexity index is 621. The molecule has 0 saturated carbocycles. The number of rotatable bonds is 6. The van der Waals surface area contributed by atoms with Crippen molar-refractivity contribution in [3.63, 3.8) is 0 Å². The van der Waals surface area contributed by atoms with Crippen LogP contribution in [0.3, 0.4) is 0 Å². The van der Waals surface area contributed by atoms with Crippen molar-refractivity contribution >= 4 is 44.9 Å². The van der Waals surface area contributed by atoms with Crippen molar-refractivity contribution in [3.8, 4) is 0 Å². The molecule has 0 bridgehead atoms. The lowest BCUT2D eigenvalue weighted by Crippen LogP contribution is -2.56. The monoisotopic (exact) mass is 451 g/mol. The quantitative estimate of drug-likeness (QED) is 0.497. The molecule has 7 heteroatoms. The molecule has 0 aliphatic rings. The molecule has 0 aromatic heterocycles. The van der Waals surface area contributed by atoms with Crippen molar-refractivity contribution in [2.24, 2.45) is 11.8 Å². The fourth-order valence-corrected chi connectivity index (χ4v) is 4.13. The van der Waals surface area contributed by atoms with E-state index in [-0.39, 0.29) is 11.9 Å². The van der Waals surface area contributed by atoms with Crippen LogP contribution in [0.5, 0.6) is 0 Å². The van der Waals surface area contributed by atoms with E-state index in [0.717, 1.165) is 10.0 Å². The lowest BCUT2D eigenvalue weighted by atomic mass is 9.74. The minimum absolute atomic E-state index is 0.0376. The van der Waals surface area contributed by atoms with Gasteiger partial charge >= 0.3 is 5.97 Å². The van der Waals surface area contributed by atoms with E-state index >= 15 is 0 Å². The molecule has 0 spiro atoms. The number of ether oxygens (including phenoxy) is 1. The fraction of sp³-hybridized carbons (Fsp3) is 0.611. The van der Waals surface area contributed by atoms with Gasteiger partial charge in [-0.05, 0) is 67.2 Å². The summed E-state index contributed by atoms with van der Waals surface area (Å²) in [5.41, 5.74) is -0.133. The van der Waals surface area contributed by atoms with E-state index < -0.39 is 27.6 Å². The first-order chi connectivity index (χ1) is 11.3. The first-order valence-electron chi connectivity index (χ1n) is 8.07. The Morgan fingerprint density at radius 3 is 2.28 bits per heavy atom. The van der Waals surface area contributed by atoms with Crippen molar-refractivity contribution < 1.29 is 14.1 Å². The van der Waals surface area contributed by atoms with E-state index in [1.807, 2.05) is 53.7 Å². The predicted octanol–water partition coefficient (Wildman–Crippen LogP) is 4.81. The van der Waals surface area contributed by atoms with Gasteiger partial charge in [0.05, 0.1) is 23.6 Å². The molecule has 142 valence electrons. The molecule has 3 atom stereocenters. The Morgan fingerprint density at radius 1 is 1.32 bits per heavy atom. The van der Waals surface area contributed by atoms with Crippen LogP contribution in [-0.4, -0.2) is 22.4 Å². The minimum Gasteiger partial charge on any atom is -0.598 e. The van der Waals surface area contributed by atoms with Crippen LogP contribution in [0.25, 0.3) is 0 Å². The highest BCUT2D eigenvalue weighted by molar-refractivity contribution is 9.10. The Kier molecular flexibility index (Phi) is 7.84. The smallest absolute Gasteiger partial charge is 0.311 e. The van der Waals surface area contributed by atoms with Crippen LogP contribution >= 0.6 is 27.5 Å². The Balaban J connectivity index is 3.53. The minimum atomic E-state index is -1.39. The number of halogens is 2. The van der Waals surface area contributed by atoms with Crippen molar-refractivity contribution in [2.75, 3.05) is 7.11 Å². The zero-order valence-corrected chi connectivity index (χ0v) is 18.9. The van der Waals surface area contributed by atoms with Gasteiger partial charge < -0.3 is 9.29 Å². The molecule has 0 radical (unpaired) electrons. The predicted molar refractivity (Wildman–Crippen MR) is 108 cm³/mol. The number of benzene rings is 1. The SMILES string of the molecule is COC(=O)C(C(C)C)C(C)(N[S@@+]([O-])C(C)(C)C)c1ccc(Br)c(Cl)c1. The van der Waals surface area contributed by atoms with Gasteiger partial charge in [0.15, 0.2) is 0 Å². The molecule has 1 aromatic rings. The summed E-state index contributed by atoms with van der Waals surface area (Å²) in [5, 5.41) is 0.527. The molecule has 0 saturated heterocycles. The molecule has 0 aliphatic carbocycles. The summed E-state index contributed by atoms with van der Waals surface area (Å²) in [6.45, 7) is 11.4. The van der Waals surface area contributed by atoms with Gasteiger partial charge in [-0.2, -0.15) is 0 Å². The van der Waals surface area contributed by atoms with Crippen LogP contribution in [0, 0.1) is 11.8 Å². The highest BCUT2D eigenvalue weighted by atomic mass is 79.9. The van der Waals surface area contributed by atoms with Gasteiger partial charge in [0.25, 0.3) is 0 Å². The molecule has 0 aliphatic heterocycles. The molecule has 1 N–H and O–H groups in total. The van der Waals surface area contributed by atoms with Gasteiger partial charge in [-0.25, -0.2) is 0 Å². The van der Waals surface area contributed by atoms with E-state index in [4.69, 9.17) is 16.3 Å². The van der Waals surface area contributed by atoms with Crippen molar-refractivity contribution in [2.45, 2.75) is 51.8 Å². The van der Waals surface area contributed by atoms with E-state index in [9.17, 15) is 9.35 Å². The largest absolute Gasteiger partial charge is 0.598 e. The number of nitrogens with one attached hydrogen (secondary N) is 1. The maximum absolute atomic E-state index is 12.8. The van der Waals surface area contributed by atoms with Gasteiger partial charge in [0.2, 0.25) is 0 Å². The van der Waals surface area contributed by atoms with E-state index in [1.165, 1.54) is 7.11 Å². The average molecular weight is 453 g/mol. The van der Waals surface area contributed by atoms with Crippen LogP contribution in [0.1, 0.15) is 47.1 Å². The molecular weight excluding hydrogens is 426 g/mol. The third-order valence-electron chi connectivity index (χ3n) is 4.12. The molecule has 25 heavy (non-hydrogen) atoms. The zero-order valence-electron chi connectivity index (χ0n) is 15.8. The normalized spacial score (nSPS) is 17.1. The summed E-state index contributed by atoms with van der Waals surface area (Å²) in [4.78, 5) is 12.6. The maximum Gasteiger partial charge on any atom is 0.311 e. The summed E-state index contributed by atoms with van der Waals surface area (Å²) in [6.07, 6.45) is 0. The third kappa shape index (κ3) is 5.36. The Labute approximate surface area is 167 Å². The van der Waals surface area contributed by atoms with Gasteiger partial charge in [-0.15, -0.1) is 4.72 Å². The third-order valence-corrected chi connectivity index (χ3v) is 7.08. The average Bonchev–Trinajstić information content (AvgIpc) is 2.48. The Hall–Kier alpha value is -0.270. The van der Waals surface area contributed by atoms with Crippen LogP contribution < -0.4 is 4.72 Å². The first-order valence-corrected chi connectivity index (χ1v) is 10.4. The first kappa shape index (κ1) is 22.8. The highest BCUT2D eigenvalue weighted by Crippen LogP contribution is 2.39. The summed E-state index contributed by atoms with van der Waals surface area (Å²) in [5.74, 6) is -0.930. The maximum atomic E-state index is 12.8. The van der Waals surface area contributed by atoms with Crippen molar-refractivity contribution in [1.82, 2.24) is 4.72 Å². The molecular formula is C18H27BrClNO3S. The number of methoxy groups -OCH3 is 1. The molecule has 2 unspecified atom stereocenters. The molecule has 0 amide bonds. The van der Waals surface area contributed by atoms with E-state index in [2.05, 4.69) is 20.7 Å². The summed E-state index contributed by atoms with van der Waals surface area (Å²) in [7, 11) is 1.37. The van der Waals surface area contributed by atoms with E-state index in [1.54, 1.807) is 6.07 Å². The highest BCUT2D eigenvalue weighted by Gasteiger charge is 2.48. The molecule has 0 fully saturated rings. The van der Waals surface area contributed by atoms with Crippen LogP contribution in [0.2, 0.25) is 5.02 Å². The second-order valence-corrected chi connectivity index (χ2v) is 10.8. The van der Waals surface area contributed by atoms with Crippen molar-refractivity contribution in [3.05, 3.63) is 33.3 Å². The van der Waals surface area contributed by atoms with Crippen LogP contribution in [0.15, 0.2) is 22.7 Å².